The van der Waals surface area contributed by atoms with E-state index in [-0.39, 0.29) is 0 Å². The lowest BCUT2D eigenvalue weighted by molar-refractivity contribution is 0.424. The summed E-state index contributed by atoms with van der Waals surface area (Å²) in [5, 5.41) is 8.97. The van der Waals surface area contributed by atoms with E-state index in [0.29, 0.717) is 24.2 Å². The number of nitrogens with zero attached hydrogens (tertiary/aromatic N) is 2. The molecule has 2 aromatic heterocycles. The molecule has 2 aromatic carbocycles. The summed E-state index contributed by atoms with van der Waals surface area (Å²) in [7, 11) is 0. The van der Waals surface area contributed by atoms with Crippen LogP contribution in [0.1, 0.15) is 29.8 Å². The van der Waals surface area contributed by atoms with Crippen LogP contribution in [-0.4, -0.2) is 27.7 Å². The third-order valence-corrected chi connectivity index (χ3v) is 5.32. The molecule has 1 unspecified atom stereocenters. The van der Waals surface area contributed by atoms with Crippen molar-refractivity contribution < 1.29 is 4.52 Å². The lowest BCUT2D eigenvalue weighted by atomic mass is 10.0. The quantitative estimate of drug-likeness (QED) is 0.564. The van der Waals surface area contributed by atoms with E-state index in [1.54, 1.807) is 0 Å². The van der Waals surface area contributed by atoms with Gasteiger partial charge in [0.05, 0.1) is 0 Å². The Morgan fingerprint density at radius 3 is 2.89 bits per heavy atom. The van der Waals surface area contributed by atoms with Crippen LogP contribution in [0.15, 0.2) is 59.3 Å². The topological polar surface area (TPSA) is 66.7 Å². The average Bonchev–Trinajstić information content (AvgIpc) is 3.45. The van der Waals surface area contributed by atoms with Crippen molar-refractivity contribution in [2.45, 2.75) is 31.7 Å². The highest BCUT2D eigenvalue weighted by molar-refractivity contribution is 5.87. The molecule has 27 heavy (non-hydrogen) atoms. The molecule has 1 aliphatic heterocycles. The molecule has 0 radical (unpaired) electrons. The molecule has 5 nitrogen and oxygen atoms in total. The molecule has 5 rings (SSSR count). The first kappa shape index (κ1) is 16.3. The fourth-order valence-corrected chi connectivity index (χ4v) is 3.90. The van der Waals surface area contributed by atoms with E-state index in [1.165, 1.54) is 29.4 Å². The Morgan fingerprint density at radius 2 is 2.04 bits per heavy atom. The summed E-state index contributed by atoms with van der Waals surface area (Å²) in [6.45, 7) is 1.13. The Balaban J connectivity index is 1.41. The Bertz CT molecular complexity index is 1040. The van der Waals surface area contributed by atoms with Crippen molar-refractivity contribution in [2.75, 3.05) is 6.54 Å². The molecule has 0 aliphatic carbocycles. The zero-order valence-electron chi connectivity index (χ0n) is 15.1. The predicted octanol–water partition coefficient (Wildman–Crippen LogP) is 4.10. The number of benzene rings is 2. The van der Waals surface area contributed by atoms with E-state index in [1.807, 2.05) is 24.3 Å². The SMILES string of the molecule is c1ccc(Cc2noc(-c3ccc4[nH]cc(CC5CCCN5)c4c3)n2)cc1. The highest BCUT2D eigenvalue weighted by Crippen LogP contribution is 2.27. The molecule has 1 fully saturated rings. The molecule has 2 N–H and O–H groups in total. The maximum absolute atomic E-state index is 5.54. The van der Waals surface area contributed by atoms with Crippen molar-refractivity contribution in [1.82, 2.24) is 20.4 Å². The first-order chi connectivity index (χ1) is 13.3. The maximum Gasteiger partial charge on any atom is 0.257 e. The van der Waals surface area contributed by atoms with E-state index in [9.17, 15) is 0 Å². The number of H-pyrrole nitrogens is 1. The van der Waals surface area contributed by atoms with Gasteiger partial charge < -0.3 is 14.8 Å². The van der Waals surface area contributed by atoms with Crippen molar-refractivity contribution in [3.8, 4) is 11.5 Å². The molecule has 4 aromatic rings. The molecular formula is C22H22N4O. The number of hydrogen-bond donors (Lipinski definition) is 2. The Hall–Kier alpha value is -2.92. The highest BCUT2D eigenvalue weighted by atomic mass is 16.5. The van der Waals surface area contributed by atoms with Gasteiger partial charge in [-0.25, -0.2) is 0 Å². The average molecular weight is 358 g/mol. The van der Waals surface area contributed by atoms with Crippen LogP contribution in [0.25, 0.3) is 22.4 Å². The van der Waals surface area contributed by atoms with Crippen LogP contribution in [0.5, 0.6) is 0 Å². The van der Waals surface area contributed by atoms with Gasteiger partial charge in [0.2, 0.25) is 0 Å². The first-order valence-corrected chi connectivity index (χ1v) is 9.55. The van der Waals surface area contributed by atoms with Gasteiger partial charge in [-0.1, -0.05) is 35.5 Å². The van der Waals surface area contributed by atoms with Gasteiger partial charge in [0, 0.05) is 35.1 Å². The van der Waals surface area contributed by atoms with Crippen molar-refractivity contribution in [2.24, 2.45) is 0 Å². The second kappa shape index (κ2) is 7.00. The molecule has 0 spiro atoms. The molecule has 5 heteroatoms. The summed E-state index contributed by atoms with van der Waals surface area (Å²) in [4.78, 5) is 7.98. The summed E-state index contributed by atoms with van der Waals surface area (Å²) in [6, 6.07) is 17.1. The Kier molecular flexibility index (Phi) is 4.22. The molecule has 136 valence electrons. The summed E-state index contributed by atoms with van der Waals surface area (Å²) in [6.07, 6.45) is 6.37. The van der Waals surface area contributed by atoms with Gasteiger partial charge in [0.1, 0.15) is 0 Å². The minimum absolute atomic E-state index is 0.577. The van der Waals surface area contributed by atoms with E-state index in [0.717, 1.165) is 24.0 Å². The summed E-state index contributed by atoms with van der Waals surface area (Å²) >= 11 is 0. The number of fused-ring (bicyclic) bond motifs is 1. The number of aromatic amines is 1. The largest absolute Gasteiger partial charge is 0.361 e. The van der Waals surface area contributed by atoms with Gasteiger partial charge >= 0.3 is 0 Å². The van der Waals surface area contributed by atoms with E-state index in [4.69, 9.17) is 4.52 Å². The molecule has 3 heterocycles. The van der Waals surface area contributed by atoms with E-state index in [2.05, 4.69) is 50.9 Å². The Morgan fingerprint density at radius 1 is 1.11 bits per heavy atom. The second-order valence-electron chi connectivity index (χ2n) is 7.25. The molecule has 0 saturated carbocycles. The lowest BCUT2D eigenvalue weighted by Gasteiger charge is -2.08. The van der Waals surface area contributed by atoms with Gasteiger partial charge in [-0.15, -0.1) is 0 Å². The third kappa shape index (κ3) is 3.38. The fourth-order valence-electron chi connectivity index (χ4n) is 3.90. The van der Waals surface area contributed by atoms with Gasteiger partial charge in [0.15, 0.2) is 5.82 Å². The van der Waals surface area contributed by atoms with Gasteiger partial charge in [-0.3, -0.25) is 0 Å². The maximum atomic E-state index is 5.54. The van der Waals surface area contributed by atoms with Crippen LogP contribution in [0.4, 0.5) is 0 Å². The van der Waals surface area contributed by atoms with E-state index >= 15 is 0 Å². The normalized spacial score (nSPS) is 17.0. The standard InChI is InChI=1S/C22H22N4O/c1-2-5-15(6-3-1)11-21-25-22(27-26-21)16-8-9-20-19(13-16)17(14-24-20)12-18-7-4-10-23-18/h1-3,5-6,8-9,13-14,18,23-24H,4,7,10-12H2. The van der Waals surface area contributed by atoms with Crippen molar-refractivity contribution in [3.63, 3.8) is 0 Å². The minimum atomic E-state index is 0.577. The summed E-state index contributed by atoms with van der Waals surface area (Å²) in [5.74, 6) is 1.29. The van der Waals surface area contributed by atoms with Crippen LogP contribution in [0.3, 0.4) is 0 Å². The highest BCUT2D eigenvalue weighted by Gasteiger charge is 2.17. The number of rotatable bonds is 5. The van der Waals surface area contributed by atoms with Crippen LogP contribution in [-0.2, 0) is 12.8 Å². The monoisotopic (exact) mass is 358 g/mol. The zero-order valence-corrected chi connectivity index (χ0v) is 15.1. The third-order valence-electron chi connectivity index (χ3n) is 5.32. The van der Waals surface area contributed by atoms with Crippen molar-refractivity contribution in [3.05, 3.63) is 71.7 Å². The minimum Gasteiger partial charge on any atom is -0.361 e. The van der Waals surface area contributed by atoms with E-state index < -0.39 is 0 Å². The van der Waals surface area contributed by atoms with Crippen molar-refractivity contribution in [1.29, 1.82) is 0 Å². The molecule has 1 saturated heterocycles. The Labute approximate surface area is 157 Å². The van der Waals surface area contributed by atoms with Crippen LogP contribution in [0.2, 0.25) is 0 Å². The number of aromatic nitrogens is 3. The second-order valence-corrected chi connectivity index (χ2v) is 7.25. The van der Waals surface area contributed by atoms with Crippen LogP contribution >= 0.6 is 0 Å². The van der Waals surface area contributed by atoms with Gasteiger partial charge in [-0.05, 0) is 55.1 Å². The zero-order chi connectivity index (χ0) is 18.1. The lowest BCUT2D eigenvalue weighted by Crippen LogP contribution is -2.23. The number of hydrogen-bond acceptors (Lipinski definition) is 4. The molecule has 1 atom stereocenters. The summed E-state index contributed by atoms with van der Waals surface area (Å²) in [5.41, 5.74) is 4.64. The summed E-state index contributed by atoms with van der Waals surface area (Å²) < 4.78 is 5.54. The first-order valence-electron chi connectivity index (χ1n) is 9.55. The number of nitrogens with one attached hydrogen (secondary N) is 2. The molecule has 0 bridgehead atoms. The van der Waals surface area contributed by atoms with Gasteiger partial charge in [0.25, 0.3) is 5.89 Å². The predicted molar refractivity (Wildman–Crippen MR) is 106 cm³/mol. The molecule has 0 amide bonds. The fraction of sp³-hybridized carbons (Fsp3) is 0.273. The molecular weight excluding hydrogens is 336 g/mol. The van der Waals surface area contributed by atoms with Gasteiger partial charge in [-0.2, -0.15) is 4.98 Å². The van der Waals surface area contributed by atoms with Crippen molar-refractivity contribution >= 4 is 10.9 Å². The van der Waals surface area contributed by atoms with Crippen LogP contribution < -0.4 is 5.32 Å². The van der Waals surface area contributed by atoms with Crippen LogP contribution in [0, 0.1) is 0 Å². The smallest absolute Gasteiger partial charge is 0.257 e. The molecule has 1 aliphatic rings.